The molecule has 6 heteroatoms. The molecule has 2 bridgehead atoms. The molecule has 2 amide bonds. The molecule has 0 unspecified atom stereocenters. The summed E-state index contributed by atoms with van der Waals surface area (Å²) < 4.78 is 21.1. The number of carbonyl (C=O) groups excluding carboxylic acids is 1. The van der Waals surface area contributed by atoms with Crippen molar-refractivity contribution in [1.29, 1.82) is 0 Å². The second-order valence-corrected chi connectivity index (χ2v) is 7.35. The summed E-state index contributed by atoms with van der Waals surface area (Å²) in [7, 11) is 0. The molecule has 0 aliphatic carbocycles. The number of benzene rings is 2. The Hall–Kier alpha value is -2.08. The van der Waals surface area contributed by atoms with Crippen LogP contribution in [0.3, 0.4) is 0 Å². The van der Waals surface area contributed by atoms with Crippen molar-refractivity contribution in [1.82, 2.24) is 5.32 Å². The van der Waals surface area contributed by atoms with Crippen LogP contribution in [0.5, 0.6) is 5.75 Å². The van der Waals surface area contributed by atoms with Crippen molar-refractivity contribution in [2.45, 2.75) is 32.0 Å². The summed E-state index contributed by atoms with van der Waals surface area (Å²) in [6.07, 6.45) is 0.581. The average molecular weight is 391 g/mol. The molecule has 2 heterocycles. The largest absolute Gasteiger partial charge is 0.467 e. The summed E-state index contributed by atoms with van der Waals surface area (Å²) in [5.41, 5.74) is 1.11. The number of amides is 2. The van der Waals surface area contributed by atoms with E-state index >= 15 is 0 Å². The highest BCUT2D eigenvalue weighted by Gasteiger charge is 2.49. The van der Waals surface area contributed by atoms with Crippen LogP contribution < -0.4 is 15.0 Å². The predicted molar refractivity (Wildman–Crippen MR) is 92.7 cm³/mol. The minimum atomic E-state index is -0.866. The van der Waals surface area contributed by atoms with Crippen molar-refractivity contribution in [3.8, 4) is 5.75 Å². The van der Waals surface area contributed by atoms with Gasteiger partial charge < -0.3 is 10.1 Å². The van der Waals surface area contributed by atoms with Gasteiger partial charge in [0.2, 0.25) is 0 Å². The lowest BCUT2D eigenvalue weighted by molar-refractivity contribution is 0.0378. The molecule has 1 N–H and O–H groups in total. The molecule has 124 valence electrons. The van der Waals surface area contributed by atoms with Crippen LogP contribution in [0.1, 0.15) is 30.5 Å². The molecule has 2 atom stereocenters. The smallest absolute Gasteiger partial charge is 0.325 e. The van der Waals surface area contributed by atoms with E-state index in [0.29, 0.717) is 17.7 Å². The van der Waals surface area contributed by atoms with Crippen molar-refractivity contribution < 1.29 is 13.9 Å². The van der Waals surface area contributed by atoms with Crippen LogP contribution in [-0.4, -0.2) is 11.8 Å². The molecule has 2 aromatic carbocycles. The van der Waals surface area contributed by atoms with Crippen molar-refractivity contribution >= 4 is 27.6 Å². The third-order valence-electron chi connectivity index (χ3n) is 4.65. The maximum atomic E-state index is 14.0. The summed E-state index contributed by atoms with van der Waals surface area (Å²) in [5.74, 6) is 0.390. The number of nitrogens with zero attached hydrogens (tertiary/aromatic N) is 1. The van der Waals surface area contributed by atoms with Gasteiger partial charge in [0.15, 0.2) is 5.72 Å². The Morgan fingerprint density at radius 3 is 2.88 bits per heavy atom. The van der Waals surface area contributed by atoms with Gasteiger partial charge in [0.1, 0.15) is 11.6 Å². The number of halogens is 2. The number of nitrogens with one attached hydrogen (secondary N) is 1. The first-order chi connectivity index (χ1) is 11.4. The monoisotopic (exact) mass is 390 g/mol. The van der Waals surface area contributed by atoms with Crippen molar-refractivity contribution in [3.63, 3.8) is 0 Å². The van der Waals surface area contributed by atoms with Gasteiger partial charge in [-0.15, -0.1) is 0 Å². The predicted octanol–water partition coefficient (Wildman–Crippen LogP) is 4.67. The molecule has 1 saturated heterocycles. The molecule has 1 fully saturated rings. The van der Waals surface area contributed by atoms with Gasteiger partial charge in [-0.3, -0.25) is 4.90 Å². The third-order valence-corrected chi connectivity index (χ3v) is 5.14. The molecule has 0 aromatic heterocycles. The Bertz CT molecular complexity index is 857. The molecule has 2 aromatic rings. The number of anilines is 1. The fourth-order valence-electron chi connectivity index (χ4n) is 3.46. The highest BCUT2D eigenvalue weighted by Crippen LogP contribution is 2.46. The Kier molecular flexibility index (Phi) is 3.35. The van der Waals surface area contributed by atoms with Crippen LogP contribution in [-0.2, 0) is 0 Å². The highest BCUT2D eigenvalue weighted by atomic mass is 79.9. The van der Waals surface area contributed by atoms with E-state index in [1.165, 1.54) is 11.0 Å². The van der Waals surface area contributed by atoms with E-state index in [4.69, 9.17) is 4.74 Å². The van der Waals surface area contributed by atoms with E-state index in [9.17, 15) is 9.18 Å². The van der Waals surface area contributed by atoms with Gasteiger partial charge in [0.05, 0.1) is 11.7 Å². The summed E-state index contributed by atoms with van der Waals surface area (Å²) >= 11 is 3.45. The minimum Gasteiger partial charge on any atom is -0.467 e. The lowest BCUT2D eigenvalue weighted by atomic mass is 9.90. The fourth-order valence-corrected chi connectivity index (χ4v) is 3.84. The Morgan fingerprint density at radius 1 is 1.33 bits per heavy atom. The van der Waals surface area contributed by atoms with E-state index in [0.717, 1.165) is 15.8 Å². The molecule has 4 nitrogen and oxygen atoms in total. The lowest BCUT2D eigenvalue weighted by Gasteiger charge is -2.50. The Balaban J connectivity index is 1.80. The van der Waals surface area contributed by atoms with Crippen LogP contribution in [0.4, 0.5) is 14.9 Å². The summed E-state index contributed by atoms with van der Waals surface area (Å²) in [4.78, 5) is 14.2. The zero-order valence-corrected chi connectivity index (χ0v) is 14.9. The molecule has 4 rings (SSSR count). The molecule has 0 saturated carbocycles. The van der Waals surface area contributed by atoms with Crippen LogP contribution in [0, 0.1) is 12.7 Å². The van der Waals surface area contributed by atoms with Gasteiger partial charge in [-0.2, -0.15) is 0 Å². The van der Waals surface area contributed by atoms with Gasteiger partial charge in [0, 0.05) is 16.5 Å². The maximum absolute atomic E-state index is 14.0. The molecule has 2 aliphatic heterocycles. The minimum absolute atomic E-state index is 0.129. The molecule has 2 aliphatic rings. The van der Waals surface area contributed by atoms with Crippen molar-refractivity contribution in [3.05, 3.63) is 57.8 Å². The maximum Gasteiger partial charge on any atom is 0.325 e. The van der Waals surface area contributed by atoms with Gasteiger partial charge in [-0.1, -0.05) is 22.0 Å². The number of rotatable bonds is 1. The summed E-state index contributed by atoms with van der Waals surface area (Å²) in [6.45, 7) is 3.56. The number of urea groups is 1. The topological polar surface area (TPSA) is 41.6 Å². The quantitative estimate of drug-likeness (QED) is 0.768. The van der Waals surface area contributed by atoms with Gasteiger partial charge >= 0.3 is 6.03 Å². The number of aryl methyl sites for hydroxylation is 1. The Labute approximate surface area is 147 Å². The van der Waals surface area contributed by atoms with Crippen LogP contribution in [0.15, 0.2) is 40.9 Å². The van der Waals surface area contributed by atoms with Crippen molar-refractivity contribution in [2.24, 2.45) is 0 Å². The first-order valence-corrected chi connectivity index (χ1v) is 8.52. The molecule has 0 spiro atoms. The van der Waals surface area contributed by atoms with E-state index in [2.05, 4.69) is 21.2 Å². The summed E-state index contributed by atoms with van der Waals surface area (Å²) in [5, 5.41) is 3.00. The van der Waals surface area contributed by atoms with E-state index in [1.54, 1.807) is 19.1 Å². The van der Waals surface area contributed by atoms with E-state index < -0.39 is 5.72 Å². The zero-order chi connectivity index (χ0) is 17.1. The molecule has 0 radical (unpaired) electrons. The van der Waals surface area contributed by atoms with Gasteiger partial charge in [-0.25, -0.2) is 9.18 Å². The standard InChI is InChI=1S/C18H16BrFN2O2/c1-10-3-5-12(8-14(10)20)22-17(23)21-15-9-18(22,2)24-16-6-4-11(19)7-13(15)16/h3-8,15H,9H2,1-2H3,(H,21,23)/t15-,18+/m0/s1. The number of hydrogen-bond donors (Lipinski definition) is 1. The molecule has 24 heavy (non-hydrogen) atoms. The van der Waals surface area contributed by atoms with Crippen molar-refractivity contribution in [2.75, 3.05) is 4.90 Å². The van der Waals surface area contributed by atoms with E-state index in [-0.39, 0.29) is 17.9 Å². The molecular formula is C18H16BrFN2O2. The highest BCUT2D eigenvalue weighted by molar-refractivity contribution is 9.10. The lowest BCUT2D eigenvalue weighted by Crippen LogP contribution is -2.65. The van der Waals surface area contributed by atoms with Gasteiger partial charge in [-0.05, 0) is 49.7 Å². The fraction of sp³-hybridized carbons (Fsp3) is 0.278. The number of ether oxygens (including phenoxy) is 1. The van der Waals surface area contributed by atoms with Gasteiger partial charge in [0.25, 0.3) is 0 Å². The second kappa shape index (κ2) is 5.21. The van der Waals surface area contributed by atoms with Crippen LogP contribution in [0.25, 0.3) is 0 Å². The first-order valence-electron chi connectivity index (χ1n) is 7.73. The van der Waals surface area contributed by atoms with Crippen LogP contribution >= 0.6 is 15.9 Å². The second-order valence-electron chi connectivity index (χ2n) is 6.43. The number of fused-ring (bicyclic) bond motifs is 4. The third kappa shape index (κ3) is 2.28. The first kappa shape index (κ1) is 15.4. The number of carbonyl (C=O) groups is 1. The Morgan fingerprint density at radius 2 is 2.12 bits per heavy atom. The van der Waals surface area contributed by atoms with E-state index in [1.807, 2.05) is 25.1 Å². The van der Waals surface area contributed by atoms with Crippen LogP contribution in [0.2, 0.25) is 0 Å². The number of hydrogen-bond acceptors (Lipinski definition) is 2. The SMILES string of the molecule is Cc1ccc(N2C(=O)N[C@H]3C[C@@]2(C)Oc2ccc(Br)cc23)cc1F. The zero-order valence-electron chi connectivity index (χ0n) is 13.3. The average Bonchev–Trinajstić information content (AvgIpc) is 2.51. The summed E-state index contributed by atoms with van der Waals surface area (Å²) in [6, 6.07) is 10.1. The molecular weight excluding hydrogens is 375 g/mol. The normalized spacial score (nSPS) is 24.9.